The highest BCUT2D eigenvalue weighted by Gasteiger charge is 2.27. The van der Waals surface area contributed by atoms with Crippen LogP contribution in [0.4, 0.5) is 5.69 Å². The lowest BCUT2D eigenvalue weighted by atomic mass is 10.0. The van der Waals surface area contributed by atoms with Crippen molar-refractivity contribution >= 4 is 11.6 Å². The Hall–Kier alpha value is -2.56. The SMILES string of the molecule is Cc1cc(=O)oc(C)c1C(=O)N1CCC[C@@H](Nc2ccc(C(C)C)cc2)C1. The number of nitrogens with one attached hydrogen (secondary N) is 1. The number of rotatable bonds is 4. The summed E-state index contributed by atoms with van der Waals surface area (Å²) in [6.45, 7) is 9.19. The van der Waals surface area contributed by atoms with Crippen LogP contribution in [0, 0.1) is 13.8 Å². The zero-order valence-corrected chi connectivity index (χ0v) is 16.5. The molecule has 1 fully saturated rings. The van der Waals surface area contributed by atoms with Crippen LogP contribution in [0.2, 0.25) is 0 Å². The topological polar surface area (TPSA) is 62.6 Å². The van der Waals surface area contributed by atoms with Crippen molar-refractivity contribution in [2.45, 2.75) is 52.5 Å². The molecule has 1 atom stereocenters. The van der Waals surface area contributed by atoms with E-state index in [0.29, 0.717) is 29.3 Å². The van der Waals surface area contributed by atoms with Crippen LogP contribution >= 0.6 is 0 Å². The van der Waals surface area contributed by atoms with Crippen LogP contribution in [0.15, 0.2) is 39.5 Å². The molecule has 0 saturated carbocycles. The van der Waals surface area contributed by atoms with Gasteiger partial charge in [-0.25, -0.2) is 4.79 Å². The van der Waals surface area contributed by atoms with Gasteiger partial charge >= 0.3 is 5.63 Å². The van der Waals surface area contributed by atoms with Gasteiger partial charge in [0.05, 0.1) is 5.56 Å². The van der Waals surface area contributed by atoms with Gasteiger partial charge < -0.3 is 14.6 Å². The van der Waals surface area contributed by atoms with Gasteiger partial charge in [-0.05, 0) is 55.9 Å². The maximum absolute atomic E-state index is 13.0. The fourth-order valence-corrected chi connectivity index (χ4v) is 3.71. The summed E-state index contributed by atoms with van der Waals surface area (Å²) in [5.74, 6) is 0.846. The van der Waals surface area contributed by atoms with Crippen molar-refractivity contribution in [2.24, 2.45) is 0 Å². The maximum Gasteiger partial charge on any atom is 0.336 e. The van der Waals surface area contributed by atoms with E-state index in [1.807, 2.05) is 4.90 Å². The first-order valence-electron chi connectivity index (χ1n) is 9.62. The van der Waals surface area contributed by atoms with E-state index in [1.165, 1.54) is 11.6 Å². The molecule has 1 aliphatic rings. The second-order valence-electron chi connectivity index (χ2n) is 7.69. The molecule has 0 bridgehead atoms. The molecule has 0 unspecified atom stereocenters. The average Bonchev–Trinajstić information content (AvgIpc) is 2.61. The molecule has 27 heavy (non-hydrogen) atoms. The lowest BCUT2D eigenvalue weighted by molar-refractivity contribution is 0.0710. The van der Waals surface area contributed by atoms with E-state index in [1.54, 1.807) is 13.8 Å². The minimum atomic E-state index is -0.412. The van der Waals surface area contributed by atoms with Gasteiger partial charge in [0.2, 0.25) is 0 Å². The van der Waals surface area contributed by atoms with Gasteiger partial charge in [-0.15, -0.1) is 0 Å². The Morgan fingerprint density at radius 2 is 1.93 bits per heavy atom. The summed E-state index contributed by atoms with van der Waals surface area (Å²) in [5.41, 5.74) is 3.17. The second kappa shape index (κ2) is 7.99. The Kier molecular flexibility index (Phi) is 5.68. The van der Waals surface area contributed by atoms with E-state index in [9.17, 15) is 9.59 Å². The molecule has 1 amide bonds. The van der Waals surface area contributed by atoms with Gasteiger partial charge in [-0.3, -0.25) is 4.79 Å². The quantitative estimate of drug-likeness (QED) is 0.883. The molecule has 2 heterocycles. The standard InChI is InChI=1S/C22H28N2O3/c1-14(2)17-7-9-18(10-8-17)23-19-6-5-11-24(13-19)22(26)21-15(3)12-20(25)27-16(21)4/h7-10,12,14,19,23H,5-6,11,13H2,1-4H3/t19-/m1/s1. The average molecular weight is 368 g/mol. The summed E-state index contributed by atoms with van der Waals surface area (Å²) < 4.78 is 5.14. The first-order chi connectivity index (χ1) is 12.8. The smallest absolute Gasteiger partial charge is 0.336 e. The summed E-state index contributed by atoms with van der Waals surface area (Å²) in [6, 6.07) is 10.1. The lowest BCUT2D eigenvalue weighted by Crippen LogP contribution is -2.45. The third kappa shape index (κ3) is 4.41. The van der Waals surface area contributed by atoms with Crippen molar-refractivity contribution in [2.75, 3.05) is 18.4 Å². The number of hydrogen-bond acceptors (Lipinski definition) is 4. The lowest BCUT2D eigenvalue weighted by Gasteiger charge is -2.34. The predicted molar refractivity (Wildman–Crippen MR) is 108 cm³/mol. The Balaban J connectivity index is 1.70. The highest BCUT2D eigenvalue weighted by Crippen LogP contribution is 2.22. The highest BCUT2D eigenvalue weighted by atomic mass is 16.4. The van der Waals surface area contributed by atoms with Gasteiger partial charge in [0.25, 0.3) is 5.91 Å². The summed E-state index contributed by atoms with van der Waals surface area (Å²) in [6.07, 6.45) is 1.97. The molecule has 0 aliphatic carbocycles. The van der Waals surface area contributed by atoms with E-state index >= 15 is 0 Å². The van der Waals surface area contributed by atoms with Crippen molar-refractivity contribution in [3.63, 3.8) is 0 Å². The molecular weight excluding hydrogens is 340 g/mol. The van der Waals surface area contributed by atoms with Gasteiger partial charge in [0.1, 0.15) is 5.76 Å². The zero-order valence-electron chi connectivity index (χ0n) is 16.5. The molecule has 144 valence electrons. The summed E-state index contributed by atoms with van der Waals surface area (Å²) in [5, 5.41) is 3.55. The number of anilines is 1. The first-order valence-corrected chi connectivity index (χ1v) is 9.62. The molecule has 3 rings (SSSR count). The van der Waals surface area contributed by atoms with Crippen molar-refractivity contribution in [1.29, 1.82) is 0 Å². The minimum Gasteiger partial charge on any atom is -0.427 e. The third-order valence-corrected chi connectivity index (χ3v) is 5.21. The Labute approximate surface area is 160 Å². The highest BCUT2D eigenvalue weighted by molar-refractivity contribution is 5.96. The first kappa shape index (κ1) is 19.2. The number of benzene rings is 1. The summed E-state index contributed by atoms with van der Waals surface area (Å²) >= 11 is 0. The van der Waals surface area contributed by atoms with Gasteiger partial charge in [0.15, 0.2) is 0 Å². The number of carbonyl (C=O) groups excluding carboxylic acids is 1. The van der Waals surface area contributed by atoms with Crippen molar-refractivity contribution in [3.8, 4) is 0 Å². The molecule has 5 nitrogen and oxygen atoms in total. The van der Waals surface area contributed by atoms with Crippen molar-refractivity contribution in [3.05, 3.63) is 63.2 Å². The number of aryl methyl sites for hydroxylation is 2. The van der Waals surface area contributed by atoms with E-state index in [2.05, 4.69) is 43.4 Å². The molecule has 2 aromatic rings. The van der Waals surface area contributed by atoms with E-state index in [0.717, 1.165) is 25.1 Å². The summed E-state index contributed by atoms with van der Waals surface area (Å²) in [4.78, 5) is 26.3. The molecule has 1 saturated heterocycles. The molecular formula is C22H28N2O3. The molecule has 1 N–H and O–H groups in total. The second-order valence-corrected chi connectivity index (χ2v) is 7.69. The molecule has 5 heteroatoms. The van der Waals surface area contributed by atoms with Crippen molar-refractivity contribution < 1.29 is 9.21 Å². The maximum atomic E-state index is 13.0. The fourth-order valence-electron chi connectivity index (χ4n) is 3.71. The third-order valence-electron chi connectivity index (χ3n) is 5.21. The van der Waals surface area contributed by atoms with Crippen LogP contribution in [-0.2, 0) is 0 Å². The molecule has 1 aliphatic heterocycles. The normalized spacial score (nSPS) is 17.2. The fraction of sp³-hybridized carbons (Fsp3) is 0.455. The Bertz CT molecular complexity index is 842. The van der Waals surface area contributed by atoms with Crippen LogP contribution in [0.5, 0.6) is 0 Å². The summed E-state index contributed by atoms with van der Waals surface area (Å²) in [7, 11) is 0. The van der Waals surface area contributed by atoms with Crippen LogP contribution in [0.1, 0.15) is 59.9 Å². The van der Waals surface area contributed by atoms with Crippen LogP contribution < -0.4 is 10.9 Å². The number of piperidine rings is 1. The number of hydrogen-bond donors (Lipinski definition) is 1. The van der Waals surface area contributed by atoms with Crippen molar-refractivity contribution in [1.82, 2.24) is 4.90 Å². The molecule has 1 aromatic heterocycles. The zero-order chi connectivity index (χ0) is 19.6. The molecule has 1 aromatic carbocycles. The minimum absolute atomic E-state index is 0.0598. The van der Waals surface area contributed by atoms with Gasteiger partial charge in [-0.1, -0.05) is 26.0 Å². The van der Waals surface area contributed by atoms with Gasteiger partial charge in [-0.2, -0.15) is 0 Å². The van der Waals surface area contributed by atoms with Crippen LogP contribution in [-0.4, -0.2) is 29.9 Å². The van der Waals surface area contributed by atoms with Crippen LogP contribution in [0.3, 0.4) is 0 Å². The largest absolute Gasteiger partial charge is 0.427 e. The number of likely N-dealkylation sites (tertiary alicyclic amines) is 1. The van der Waals surface area contributed by atoms with E-state index in [-0.39, 0.29) is 11.9 Å². The van der Waals surface area contributed by atoms with Crippen LogP contribution in [0.25, 0.3) is 0 Å². The van der Waals surface area contributed by atoms with E-state index < -0.39 is 5.63 Å². The molecule has 0 spiro atoms. The van der Waals surface area contributed by atoms with E-state index in [4.69, 9.17) is 4.42 Å². The Morgan fingerprint density at radius 1 is 1.22 bits per heavy atom. The van der Waals surface area contributed by atoms with Gasteiger partial charge in [0, 0.05) is 30.9 Å². The number of carbonyl (C=O) groups is 1. The Morgan fingerprint density at radius 3 is 2.56 bits per heavy atom. The number of amides is 1. The monoisotopic (exact) mass is 368 g/mol. The number of nitrogens with zero attached hydrogens (tertiary/aromatic N) is 1. The predicted octanol–water partition coefficient (Wildman–Crippen LogP) is 4.10. The molecule has 0 radical (unpaired) electrons.